The van der Waals surface area contributed by atoms with Crippen LogP contribution in [-0.4, -0.2) is 41.5 Å². The van der Waals surface area contributed by atoms with Gasteiger partial charge in [-0.1, -0.05) is 6.92 Å². The highest BCUT2D eigenvalue weighted by molar-refractivity contribution is 5.79. The smallest absolute Gasteiger partial charge is 0.309 e. The van der Waals surface area contributed by atoms with Crippen LogP contribution in [0.2, 0.25) is 0 Å². The molecule has 1 saturated heterocycles. The molecule has 5 nitrogen and oxygen atoms in total. The lowest BCUT2D eigenvalue weighted by atomic mass is 9.76. The molecule has 3 N–H and O–H groups in total. The van der Waals surface area contributed by atoms with Crippen LogP contribution in [0.3, 0.4) is 0 Å². The number of amides is 1. The van der Waals surface area contributed by atoms with Crippen molar-refractivity contribution < 1.29 is 14.7 Å². The monoisotopic (exact) mass is 214 g/mol. The van der Waals surface area contributed by atoms with Gasteiger partial charge in [-0.2, -0.15) is 0 Å². The molecule has 0 saturated carbocycles. The van der Waals surface area contributed by atoms with E-state index in [1.807, 2.05) is 6.92 Å². The van der Waals surface area contributed by atoms with Crippen LogP contribution in [0.1, 0.15) is 26.2 Å². The van der Waals surface area contributed by atoms with E-state index in [0.29, 0.717) is 32.4 Å². The highest BCUT2D eigenvalue weighted by Crippen LogP contribution is 2.34. The van der Waals surface area contributed by atoms with Gasteiger partial charge in [0, 0.05) is 13.1 Å². The highest BCUT2D eigenvalue weighted by atomic mass is 16.4. The van der Waals surface area contributed by atoms with Gasteiger partial charge >= 0.3 is 5.97 Å². The third-order valence-corrected chi connectivity index (χ3v) is 3.38. The van der Waals surface area contributed by atoms with Crippen molar-refractivity contribution in [1.29, 1.82) is 0 Å². The molecule has 0 radical (unpaired) electrons. The van der Waals surface area contributed by atoms with Crippen LogP contribution in [0.25, 0.3) is 0 Å². The van der Waals surface area contributed by atoms with Gasteiger partial charge in [-0.3, -0.25) is 9.59 Å². The first-order chi connectivity index (χ1) is 7.05. The second-order valence-electron chi connectivity index (χ2n) is 4.02. The van der Waals surface area contributed by atoms with Crippen molar-refractivity contribution in [2.24, 2.45) is 11.1 Å². The summed E-state index contributed by atoms with van der Waals surface area (Å²) in [6.45, 7) is 2.91. The van der Waals surface area contributed by atoms with Gasteiger partial charge in [-0.05, 0) is 19.3 Å². The fraction of sp³-hybridized carbons (Fsp3) is 0.800. The number of rotatable bonds is 3. The van der Waals surface area contributed by atoms with E-state index in [0.717, 1.165) is 0 Å². The Kier molecular flexibility index (Phi) is 3.68. The normalized spacial score (nSPS) is 20.0. The molecule has 0 bridgehead atoms. The average molecular weight is 214 g/mol. The number of piperidine rings is 1. The van der Waals surface area contributed by atoms with E-state index >= 15 is 0 Å². The highest BCUT2D eigenvalue weighted by Gasteiger charge is 2.40. The molecule has 0 unspecified atom stereocenters. The molecule has 1 aliphatic rings. The van der Waals surface area contributed by atoms with E-state index in [2.05, 4.69) is 0 Å². The lowest BCUT2D eigenvalue weighted by Crippen LogP contribution is -2.47. The molecule has 0 aromatic carbocycles. The number of likely N-dealkylation sites (tertiary alicyclic amines) is 1. The summed E-state index contributed by atoms with van der Waals surface area (Å²) >= 11 is 0. The Balaban J connectivity index is 2.61. The first kappa shape index (κ1) is 12.0. The van der Waals surface area contributed by atoms with Gasteiger partial charge in [0.05, 0.1) is 12.0 Å². The molecule has 1 fully saturated rings. The molecule has 0 aromatic rings. The van der Waals surface area contributed by atoms with E-state index in [4.69, 9.17) is 10.8 Å². The van der Waals surface area contributed by atoms with Crippen molar-refractivity contribution in [3.63, 3.8) is 0 Å². The Labute approximate surface area is 89.2 Å². The first-order valence-electron chi connectivity index (χ1n) is 5.27. The molecular formula is C10H18N2O3. The van der Waals surface area contributed by atoms with E-state index in [1.54, 1.807) is 4.90 Å². The summed E-state index contributed by atoms with van der Waals surface area (Å²) in [6, 6.07) is 0. The minimum atomic E-state index is -0.746. The molecule has 0 spiro atoms. The summed E-state index contributed by atoms with van der Waals surface area (Å²) in [4.78, 5) is 24.1. The predicted octanol–water partition coefficient (Wildman–Crippen LogP) is 0.0485. The molecule has 15 heavy (non-hydrogen) atoms. The standard InChI is InChI=1S/C10H18N2O3/c1-2-10(9(14)15)3-5-12(6-4-10)8(13)7-11/h2-7,11H2,1H3,(H,14,15). The van der Waals surface area contributed by atoms with Crippen LogP contribution in [-0.2, 0) is 9.59 Å². The van der Waals surface area contributed by atoms with E-state index < -0.39 is 11.4 Å². The number of hydrogen-bond donors (Lipinski definition) is 2. The van der Waals surface area contributed by atoms with Crippen LogP contribution in [0.15, 0.2) is 0 Å². The molecule has 1 heterocycles. The quantitative estimate of drug-likeness (QED) is 0.695. The van der Waals surface area contributed by atoms with Crippen molar-refractivity contribution >= 4 is 11.9 Å². The summed E-state index contributed by atoms with van der Waals surface area (Å²) in [6.07, 6.45) is 1.68. The molecule has 0 atom stereocenters. The first-order valence-corrected chi connectivity index (χ1v) is 5.27. The fourth-order valence-corrected chi connectivity index (χ4v) is 2.03. The predicted molar refractivity (Wildman–Crippen MR) is 55.2 cm³/mol. The molecule has 1 aliphatic heterocycles. The molecule has 86 valence electrons. The zero-order chi connectivity index (χ0) is 11.5. The summed E-state index contributed by atoms with van der Waals surface area (Å²) in [5.41, 5.74) is 4.62. The van der Waals surface area contributed by atoms with Crippen molar-refractivity contribution in [3.05, 3.63) is 0 Å². The van der Waals surface area contributed by atoms with Crippen molar-refractivity contribution in [2.75, 3.05) is 19.6 Å². The molecule has 0 aromatic heterocycles. The number of aliphatic carboxylic acids is 1. The van der Waals surface area contributed by atoms with Gasteiger partial charge in [-0.25, -0.2) is 0 Å². The summed E-state index contributed by atoms with van der Waals surface area (Å²) in [5, 5.41) is 9.14. The van der Waals surface area contributed by atoms with Crippen LogP contribution in [0.4, 0.5) is 0 Å². The number of hydrogen-bond acceptors (Lipinski definition) is 3. The van der Waals surface area contributed by atoms with Crippen LogP contribution >= 0.6 is 0 Å². The number of nitrogens with two attached hydrogens (primary N) is 1. The fourth-order valence-electron chi connectivity index (χ4n) is 2.03. The number of carbonyl (C=O) groups is 2. The lowest BCUT2D eigenvalue weighted by Gasteiger charge is -2.38. The maximum Gasteiger partial charge on any atom is 0.309 e. The maximum atomic E-state index is 11.3. The van der Waals surface area contributed by atoms with Gasteiger partial charge in [0.15, 0.2) is 0 Å². The molecular weight excluding hydrogens is 196 g/mol. The van der Waals surface area contributed by atoms with E-state index in [9.17, 15) is 9.59 Å². The zero-order valence-electron chi connectivity index (χ0n) is 9.03. The molecule has 5 heteroatoms. The molecule has 1 amide bonds. The van der Waals surface area contributed by atoms with Gasteiger partial charge < -0.3 is 15.7 Å². The van der Waals surface area contributed by atoms with Gasteiger partial charge in [0.25, 0.3) is 0 Å². The van der Waals surface area contributed by atoms with Crippen molar-refractivity contribution in [1.82, 2.24) is 4.90 Å². The van der Waals surface area contributed by atoms with E-state index in [1.165, 1.54) is 0 Å². The topological polar surface area (TPSA) is 83.6 Å². The zero-order valence-corrected chi connectivity index (χ0v) is 9.03. The Morgan fingerprint density at radius 2 is 1.93 bits per heavy atom. The van der Waals surface area contributed by atoms with E-state index in [-0.39, 0.29) is 12.5 Å². The number of carboxylic acid groups (broad SMARTS) is 1. The van der Waals surface area contributed by atoms with Crippen LogP contribution in [0, 0.1) is 5.41 Å². The Bertz CT molecular complexity index is 257. The van der Waals surface area contributed by atoms with Crippen LogP contribution in [0.5, 0.6) is 0 Å². The number of carbonyl (C=O) groups excluding carboxylic acids is 1. The summed E-state index contributed by atoms with van der Waals surface area (Å²) < 4.78 is 0. The maximum absolute atomic E-state index is 11.3. The number of carboxylic acids is 1. The van der Waals surface area contributed by atoms with Gasteiger partial charge in [0.1, 0.15) is 0 Å². The summed E-state index contributed by atoms with van der Waals surface area (Å²) in [5.74, 6) is -0.838. The van der Waals surface area contributed by atoms with Gasteiger partial charge in [-0.15, -0.1) is 0 Å². The Morgan fingerprint density at radius 1 is 1.40 bits per heavy atom. The minimum Gasteiger partial charge on any atom is -0.481 e. The minimum absolute atomic E-state index is 0.00615. The van der Waals surface area contributed by atoms with Crippen molar-refractivity contribution in [3.8, 4) is 0 Å². The largest absolute Gasteiger partial charge is 0.481 e. The second kappa shape index (κ2) is 4.61. The molecule has 1 rings (SSSR count). The Hall–Kier alpha value is -1.10. The Morgan fingerprint density at radius 3 is 2.27 bits per heavy atom. The van der Waals surface area contributed by atoms with Crippen molar-refractivity contribution in [2.45, 2.75) is 26.2 Å². The van der Waals surface area contributed by atoms with Crippen LogP contribution < -0.4 is 5.73 Å². The third-order valence-electron chi connectivity index (χ3n) is 3.38. The third kappa shape index (κ3) is 2.28. The molecule has 0 aliphatic carbocycles. The van der Waals surface area contributed by atoms with Gasteiger partial charge in [0.2, 0.25) is 5.91 Å². The average Bonchev–Trinajstić information content (AvgIpc) is 2.28. The second-order valence-corrected chi connectivity index (χ2v) is 4.02. The SMILES string of the molecule is CCC1(C(=O)O)CCN(C(=O)CN)CC1. The summed E-state index contributed by atoms with van der Waals surface area (Å²) in [7, 11) is 0. The lowest BCUT2D eigenvalue weighted by molar-refractivity contribution is -0.154. The number of nitrogens with zero attached hydrogens (tertiary/aromatic N) is 1.